The van der Waals surface area contributed by atoms with Crippen LogP contribution in [0.25, 0.3) is 0 Å². The number of carbonyl (C=O) groups is 1. The minimum Gasteiger partial charge on any atom is -0.339 e. The maximum Gasteiger partial charge on any atom is 0.241 e. The largest absolute Gasteiger partial charge is 0.339 e. The molecule has 5 rings (SSSR count). The van der Waals surface area contributed by atoms with E-state index in [1.807, 2.05) is 0 Å². The molecule has 4 saturated heterocycles. The summed E-state index contributed by atoms with van der Waals surface area (Å²) in [6.45, 7) is 8.34. The second-order valence-electron chi connectivity index (χ2n) is 8.68. The Labute approximate surface area is 157 Å². The summed E-state index contributed by atoms with van der Waals surface area (Å²) in [7, 11) is 0. The Balaban J connectivity index is 1.41. The maximum atomic E-state index is 13.1. The molecule has 1 amide bonds. The lowest BCUT2D eigenvalue weighted by molar-refractivity contribution is -0.133. The number of nitrogens with one attached hydrogen (secondary N) is 2. The lowest BCUT2D eigenvalue weighted by Crippen LogP contribution is -2.48. The molecule has 0 aromatic heterocycles. The molecule has 4 atom stereocenters. The van der Waals surface area contributed by atoms with E-state index in [-0.39, 0.29) is 6.04 Å². The summed E-state index contributed by atoms with van der Waals surface area (Å²) in [6.07, 6.45) is 3.37. The Morgan fingerprint density at radius 3 is 2.65 bits per heavy atom. The van der Waals surface area contributed by atoms with E-state index in [2.05, 4.69) is 64.8 Å². The van der Waals surface area contributed by atoms with E-state index in [1.165, 1.54) is 18.4 Å². The number of nitrogens with zero attached hydrogens (tertiary/aromatic N) is 2. The lowest BCUT2D eigenvalue weighted by Gasteiger charge is -2.36. The smallest absolute Gasteiger partial charge is 0.241 e. The zero-order valence-electron chi connectivity index (χ0n) is 16.0. The number of piperidine rings is 1. The average Bonchev–Trinajstić information content (AvgIpc) is 2.97. The first-order chi connectivity index (χ1) is 12.6. The third kappa shape index (κ3) is 3.80. The Kier molecular flexibility index (Phi) is 5.30. The van der Waals surface area contributed by atoms with Gasteiger partial charge < -0.3 is 4.90 Å². The molecular formula is C21H32N4O. The van der Waals surface area contributed by atoms with Crippen molar-refractivity contribution in [2.45, 2.75) is 57.8 Å². The molecule has 142 valence electrons. The fraction of sp³-hybridized carbons (Fsp3) is 0.667. The Morgan fingerprint density at radius 1 is 1.12 bits per heavy atom. The van der Waals surface area contributed by atoms with Crippen LogP contribution in [-0.4, -0.2) is 53.5 Å². The van der Waals surface area contributed by atoms with E-state index in [1.54, 1.807) is 0 Å². The fourth-order valence-electron chi connectivity index (χ4n) is 4.77. The summed E-state index contributed by atoms with van der Waals surface area (Å²) in [6, 6.07) is 11.5. The molecule has 5 nitrogen and oxygen atoms in total. The number of hydrazine groups is 1. The predicted molar refractivity (Wildman–Crippen MR) is 103 cm³/mol. The van der Waals surface area contributed by atoms with Crippen molar-refractivity contribution in [2.75, 3.05) is 19.6 Å². The van der Waals surface area contributed by atoms with Gasteiger partial charge in [0.15, 0.2) is 0 Å². The Morgan fingerprint density at radius 2 is 1.92 bits per heavy atom. The van der Waals surface area contributed by atoms with Gasteiger partial charge in [0.05, 0.1) is 0 Å². The predicted octanol–water partition coefficient (Wildman–Crippen LogP) is 2.00. The minimum atomic E-state index is -0.0672. The Bertz CT molecular complexity index is 620. The number of fused-ring (bicyclic) bond motifs is 4. The van der Waals surface area contributed by atoms with Crippen molar-refractivity contribution in [1.82, 2.24) is 20.7 Å². The van der Waals surface area contributed by atoms with Gasteiger partial charge in [-0.05, 0) is 36.7 Å². The van der Waals surface area contributed by atoms with Crippen molar-refractivity contribution in [3.8, 4) is 0 Å². The van der Waals surface area contributed by atoms with Crippen LogP contribution in [0.2, 0.25) is 0 Å². The van der Waals surface area contributed by atoms with E-state index in [0.29, 0.717) is 29.8 Å². The second-order valence-corrected chi connectivity index (χ2v) is 8.68. The Hall–Kier alpha value is -1.43. The minimum absolute atomic E-state index is 0.0672. The molecular weight excluding hydrogens is 324 g/mol. The first-order valence-corrected chi connectivity index (χ1v) is 10.2. The first-order valence-electron chi connectivity index (χ1n) is 10.2. The molecule has 1 aromatic rings. The molecule has 4 heterocycles. The van der Waals surface area contributed by atoms with Crippen molar-refractivity contribution in [3.63, 3.8) is 0 Å². The summed E-state index contributed by atoms with van der Waals surface area (Å²) in [5, 5.41) is 0. The molecule has 4 fully saturated rings. The standard InChI is InChI=1S/C21H32N4O/c1-15(2)19-10-20(23-22-19)21(26)25-13-17-8-9-18(14-25)24(12-17)11-16-6-4-3-5-7-16/h3-7,15,17-20,22-23H,8-14H2,1-2H3/t17-,18-,19?,20?/m0/s1. The molecule has 0 radical (unpaired) electrons. The van der Waals surface area contributed by atoms with E-state index in [0.717, 1.165) is 32.6 Å². The quantitative estimate of drug-likeness (QED) is 0.866. The topological polar surface area (TPSA) is 47.6 Å². The van der Waals surface area contributed by atoms with Gasteiger partial charge in [0.2, 0.25) is 5.91 Å². The first kappa shape index (κ1) is 18.0. The summed E-state index contributed by atoms with van der Waals surface area (Å²) >= 11 is 0. The molecule has 2 bridgehead atoms. The van der Waals surface area contributed by atoms with Crippen molar-refractivity contribution < 1.29 is 4.79 Å². The average molecular weight is 357 g/mol. The van der Waals surface area contributed by atoms with E-state index in [9.17, 15) is 4.79 Å². The number of amides is 1. The van der Waals surface area contributed by atoms with Crippen LogP contribution in [0.3, 0.4) is 0 Å². The van der Waals surface area contributed by atoms with E-state index in [4.69, 9.17) is 0 Å². The highest BCUT2D eigenvalue weighted by atomic mass is 16.2. The summed E-state index contributed by atoms with van der Waals surface area (Å²) in [5.74, 6) is 1.44. The van der Waals surface area contributed by atoms with Gasteiger partial charge in [-0.3, -0.25) is 15.1 Å². The zero-order chi connectivity index (χ0) is 18.1. The molecule has 26 heavy (non-hydrogen) atoms. The van der Waals surface area contributed by atoms with Crippen molar-refractivity contribution >= 4 is 5.91 Å². The van der Waals surface area contributed by atoms with Crippen LogP contribution in [0.15, 0.2) is 30.3 Å². The van der Waals surface area contributed by atoms with Crippen LogP contribution < -0.4 is 10.9 Å². The number of hydrogen-bond donors (Lipinski definition) is 2. The van der Waals surface area contributed by atoms with Gasteiger partial charge in [0.1, 0.15) is 6.04 Å². The van der Waals surface area contributed by atoms with Gasteiger partial charge in [-0.15, -0.1) is 0 Å². The SMILES string of the molecule is CC(C)C1CC(C(=O)N2C[C@H]3CC[C@@H](C2)N(Cc2ccccc2)C3)NN1. The molecule has 1 aromatic carbocycles. The number of hydrogen-bond acceptors (Lipinski definition) is 4. The van der Waals surface area contributed by atoms with Crippen LogP contribution in [0.1, 0.15) is 38.7 Å². The molecule has 4 aliphatic rings. The third-order valence-corrected chi connectivity index (χ3v) is 6.40. The van der Waals surface area contributed by atoms with Gasteiger partial charge in [-0.1, -0.05) is 44.2 Å². The van der Waals surface area contributed by atoms with Crippen molar-refractivity contribution in [3.05, 3.63) is 35.9 Å². The second kappa shape index (κ2) is 7.67. The van der Waals surface area contributed by atoms with Crippen molar-refractivity contribution in [2.24, 2.45) is 11.8 Å². The fourth-order valence-corrected chi connectivity index (χ4v) is 4.77. The number of carbonyl (C=O) groups excluding carboxylic acids is 1. The molecule has 5 heteroatoms. The maximum absolute atomic E-state index is 13.1. The van der Waals surface area contributed by atoms with Crippen LogP contribution in [0.5, 0.6) is 0 Å². The van der Waals surface area contributed by atoms with Gasteiger partial charge in [-0.2, -0.15) is 0 Å². The summed E-state index contributed by atoms with van der Waals surface area (Å²) in [4.78, 5) is 17.9. The lowest BCUT2D eigenvalue weighted by atomic mass is 9.94. The number of benzene rings is 1. The monoisotopic (exact) mass is 356 g/mol. The number of rotatable bonds is 4. The molecule has 0 spiro atoms. The highest BCUT2D eigenvalue weighted by Gasteiger charge is 2.40. The van der Waals surface area contributed by atoms with Crippen LogP contribution in [0.4, 0.5) is 0 Å². The molecule has 2 unspecified atom stereocenters. The molecule has 0 saturated carbocycles. The van der Waals surface area contributed by atoms with Crippen LogP contribution >= 0.6 is 0 Å². The van der Waals surface area contributed by atoms with Gasteiger partial charge in [-0.25, -0.2) is 5.43 Å². The van der Waals surface area contributed by atoms with E-state index < -0.39 is 0 Å². The van der Waals surface area contributed by atoms with Gasteiger partial charge >= 0.3 is 0 Å². The van der Waals surface area contributed by atoms with E-state index >= 15 is 0 Å². The zero-order valence-corrected chi connectivity index (χ0v) is 16.0. The van der Waals surface area contributed by atoms with Gasteiger partial charge in [0, 0.05) is 38.3 Å². The van der Waals surface area contributed by atoms with Crippen LogP contribution in [0, 0.1) is 11.8 Å². The third-order valence-electron chi connectivity index (χ3n) is 6.40. The summed E-state index contributed by atoms with van der Waals surface area (Å²) in [5.41, 5.74) is 7.94. The van der Waals surface area contributed by atoms with Crippen molar-refractivity contribution in [1.29, 1.82) is 0 Å². The highest BCUT2D eigenvalue weighted by Crippen LogP contribution is 2.30. The summed E-state index contributed by atoms with van der Waals surface area (Å²) < 4.78 is 0. The van der Waals surface area contributed by atoms with Gasteiger partial charge in [0.25, 0.3) is 0 Å². The molecule has 0 aliphatic carbocycles. The normalized spacial score (nSPS) is 32.2. The van der Waals surface area contributed by atoms with Crippen LogP contribution in [-0.2, 0) is 11.3 Å². The molecule has 4 aliphatic heterocycles. The highest BCUT2D eigenvalue weighted by molar-refractivity contribution is 5.82. The molecule has 2 N–H and O–H groups in total.